The van der Waals surface area contributed by atoms with Gasteiger partial charge in [-0.25, -0.2) is 4.98 Å². The molecule has 2 heterocycles. The molecule has 0 radical (unpaired) electrons. The molecule has 0 saturated heterocycles. The standard InChI is InChI=1S/C17H20N2O3/c1-11-13(7-8-14(18-11)15-4-3-9-22-15)16(21)19-17(2,10-20)12-5-6-12/h3-4,7-9,12,20H,5-6,10H2,1-2H3,(H,19,21). The molecule has 1 amide bonds. The molecule has 0 bridgehead atoms. The average molecular weight is 300 g/mol. The molecule has 116 valence electrons. The molecule has 0 spiro atoms. The van der Waals surface area contributed by atoms with Gasteiger partial charge in [0.25, 0.3) is 5.91 Å². The monoisotopic (exact) mass is 300 g/mol. The third-order valence-corrected chi connectivity index (χ3v) is 4.31. The van der Waals surface area contributed by atoms with Crippen LogP contribution < -0.4 is 5.32 Å². The van der Waals surface area contributed by atoms with Crippen molar-refractivity contribution in [3.63, 3.8) is 0 Å². The van der Waals surface area contributed by atoms with Gasteiger partial charge in [-0.3, -0.25) is 4.79 Å². The van der Waals surface area contributed by atoms with E-state index in [0.29, 0.717) is 28.6 Å². The maximum atomic E-state index is 12.5. The highest BCUT2D eigenvalue weighted by atomic mass is 16.3. The summed E-state index contributed by atoms with van der Waals surface area (Å²) in [6, 6.07) is 7.15. The third kappa shape index (κ3) is 2.76. The maximum absolute atomic E-state index is 12.5. The third-order valence-electron chi connectivity index (χ3n) is 4.31. The number of rotatable bonds is 5. The summed E-state index contributed by atoms with van der Waals surface area (Å²) in [5, 5.41) is 12.6. The van der Waals surface area contributed by atoms with Crippen LogP contribution in [0.2, 0.25) is 0 Å². The molecular formula is C17H20N2O3. The average Bonchev–Trinajstić information content (AvgIpc) is 3.23. The van der Waals surface area contributed by atoms with Crippen LogP contribution in [0.1, 0.15) is 35.8 Å². The first kappa shape index (κ1) is 14.8. The van der Waals surface area contributed by atoms with E-state index in [1.54, 1.807) is 31.4 Å². The van der Waals surface area contributed by atoms with Gasteiger partial charge in [0, 0.05) is 0 Å². The van der Waals surface area contributed by atoms with Crippen molar-refractivity contribution in [2.45, 2.75) is 32.2 Å². The molecule has 1 fully saturated rings. The van der Waals surface area contributed by atoms with Crippen molar-refractivity contribution in [3.05, 3.63) is 41.8 Å². The second-order valence-electron chi connectivity index (χ2n) is 6.11. The number of carbonyl (C=O) groups excluding carboxylic acids is 1. The molecule has 0 aromatic carbocycles. The lowest BCUT2D eigenvalue weighted by Gasteiger charge is -2.29. The molecule has 22 heavy (non-hydrogen) atoms. The highest BCUT2D eigenvalue weighted by Crippen LogP contribution is 2.39. The first-order chi connectivity index (χ1) is 10.5. The number of aliphatic hydroxyl groups is 1. The molecule has 2 aromatic heterocycles. The number of pyridine rings is 1. The Morgan fingerprint density at radius 3 is 2.77 bits per heavy atom. The van der Waals surface area contributed by atoms with E-state index >= 15 is 0 Å². The van der Waals surface area contributed by atoms with Crippen molar-refractivity contribution in [2.24, 2.45) is 5.92 Å². The Morgan fingerprint density at radius 1 is 1.45 bits per heavy atom. The van der Waals surface area contributed by atoms with E-state index in [1.165, 1.54) is 0 Å². The number of aliphatic hydroxyl groups excluding tert-OH is 1. The van der Waals surface area contributed by atoms with Crippen molar-refractivity contribution in [2.75, 3.05) is 6.61 Å². The first-order valence-electron chi connectivity index (χ1n) is 7.48. The summed E-state index contributed by atoms with van der Waals surface area (Å²) in [6.07, 6.45) is 3.69. The van der Waals surface area contributed by atoms with Gasteiger partial charge in [-0.1, -0.05) is 0 Å². The van der Waals surface area contributed by atoms with E-state index in [0.717, 1.165) is 12.8 Å². The number of carbonyl (C=O) groups is 1. The highest BCUT2D eigenvalue weighted by molar-refractivity contribution is 5.96. The minimum Gasteiger partial charge on any atom is -0.463 e. The molecule has 2 N–H and O–H groups in total. The number of furan rings is 1. The fourth-order valence-electron chi connectivity index (χ4n) is 2.68. The van der Waals surface area contributed by atoms with E-state index in [2.05, 4.69) is 10.3 Å². The minimum atomic E-state index is -0.552. The second kappa shape index (κ2) is 5.57. The lowest BCUT2D eigenvalue weighted by atomic mass is 9.96. The fourth-order valence-corrected chi connectivity index (χ4v) is 2.68. The van der Waals surface area contributed by atoms with Crippen LogP contribution in [0.25, 0.3) is 11.5 Å². The summed E-state index contributed by atoms with van der Waals surface area (Å²) in [7, 11) is 0. The molecule has 3 rings (SSSR count). The lowest BCUT2D eigenvalue weighted by molar-refractivity contribution is 0.0823. The van der Waals surface area contributed by atoms with Crippen molar-refractivity contribution in [1.29, 1.82) is 0 Å². The van der Waals surface area contributed by atoms with Gasteiger partial charge in [-0.2, -0.15) is 0 Å². The van der Waals surface area contributed by atoms with E-state index in [-0.39, 0.29) is 12.5 Å². The largest absolute Gasteiger partial charge is 0.463 e. The molecule has 2 aromatic rings. The molecule has 5 nitrogen and oxygen atoms in total. The van der Waals surface area contributed by atoms with Gasteiger partial charge >= 0.3 is 0 Å². The number of nitrogens with one attached hydrogen (secondary N) is 1. The molecule has 1 unspecified atom stereocenters. The number of hydrogen-bond acceptors (Lipinski definition) is 4. The summed E-state index contributed by atoms with van der Waals surface area (Å²) in [4.78, 5) is 16.9. The van der Waals surface area contributed by atoms with Crippen molar-refractivity contribution in [3.8, 4) is 11.5 Å². The van der Waals surface area contributed by atoms with Gasteiger partial charge in [-0.15, -0.1) is 0 Å². The van der Waals surface area contributed by atoms with Crippen LogP contribution in [0.3, 0.4) is 0 Å². The highest BCUT2D eigenvalue weighted by Gasteiger charge is 2.42. The summed E-state index contributed by atoms with van der Waals surface area (Å²) in [5.74, 6) is 0.838. The minimum absolute atomic E-state index is 0.0552. The van der Waals surface area contributed by atoms with Gasteiger partial charge in [0.15, 0.2) is 5.76 Å². The van der Waals surface area contributed by atoms with Crippen LogP contribution >= 0.6 is 0 Å². The molecule has 5 heteroatoms. The topological polar surface area (TPSA) is 75.4 Å². The Bertz CT molecular complexity index is 677. The van der Waals surface area contributed by atoms with Gasteiger partial charge < -0.3 is 14.8 Å². The summed E-state index contributed by atoms with van der Waals surface area (Å²) in [6.45, 7) is 3.64. The zero-order chi connectivity index (χ0) is 15.7. The molecule has 1 saturated carbocycles. The summed E-state index contributed by atoms with van der Waals surface area (Å²) >= 11 is 0. The number of aromatic nitrogens is 1. The quantitative estimate of drug-likeness (QED) is 0.889. The smallest absolute Gasteiger partial charge is 0.253 e. The zero-order valence-corrected chi connectivity index (χ0v) is 12.8. The molecular weight excluding hydrogens is 280 g/mol. The maximum Gasteiger partial charge on any atom is 0.253 e. The fraction of sp³-hybridized carbons (Fsp3) is 0.412. The zero-order valence-electron chi connectivity index (χ0n) is 12.8. The van der Waals surface area contributed by atoms with E-state index in [1.807, 2.05) is 13.0 Å². The number of hydrogen-bond donors (Lipinski definition) is 2. The molecule has 1 aliphatic carbocycles. The van der Waals surface area contributed by atoms with Crippen LogP contribution in [0.5, 0.6) is 0 Å². The molecule has 1 atom stereocenters. The Balaban J connectivity index is 1.81. The van der Waals surface area contributed by atoms with Crippen molar-refractivity contribution < 1.29 is 14.3 Å². The Hall–Kier alpha value is -2.14. The van der Waals surface area contributed by atoms with E-state index in [9.17, 15) is 9.90 Å². The molecule has 0 aliphatic heterocycles. The summed E-state index contributed by atoms with van der Waals surface area (Å²) < 4.78 is 5.32. The Labute approximate surface area is 129 Å². The SMILES string of the molecule is Cc1nc(-c2ccco2)ccc1C(=O)NC(C)(CO)C1CC1. The Morgan fingerprint density at radius 2 is 2.23 bits per heavy atom. The van der Waals surface area contributed by atoms with Crippen molar-refractivity contribution >= 4 is 5.91 Å². The van der Waals surface area contributed by atoms with Gasteiger partial charge in [0.1, 0.15) is 5.69 Å². The number of amides is 1. The van der Waals surface area contributed by atoms with Crippen molar-refractivity contribution in [1.82, 2.24) is 10.3 Å². The lowest BCUT2D eigenvalue weighted by Crippen LogP contribution is -2.50. The van der Waals surface area contributed by atoms with E-state index in [4.69, 9.17) is 4.42 Å². The van der Waals surface area contributed by atoms with Crippen LogP contribution in [0, 0.1) is 12.8 Å². The molecule has 1 aliphatic rings. The second-order valence-corrected chi connectivity index (χ2v) is 6.11. The number of nitrogens with zero attached hydrogens (tertiary/aromatic N) is 1. The first-order valence-corrected chi connectivity index (χ1v) is 7.48. The van der Waals surface area contributed by atoms with Crippen LogP contribution in [-0.2, 0) is 0 Å². The van der Waals surface area contributed by atoms with Gasteiger partial charge in [0.2, 0.25) is 0 Å². The van der Waals surface area contributed by atoms with Crippen LogP contribution in [0.15, 0.2) is 34.9 Å². The van der Waals surface area contributed by atoms with E-state index < -0.39 is 5.54 Å². The predicted molar refractivity (Wildman–Crippen MR) is 82.4 cm³/mol. The predicted octanol–water partition coefficient (Wildman–Crippen LogP) is 2.54. The van der Waals surface area contributed by atoms with Gasteiger partial charge in [0.05, 0.1) is 29.7 Å². The Kier molecular flexibility index (Phi) is 3.74. The number of aryl methyl sites for hydroxylation is 1. The van der Waals surface area contributed by atoms with Crippen LogP contribution in [0.4, 0.5) is 0 Å². The van der Waals surface area contributed by atoms with Gasteiger partial charge in [-0.05, 0) is 56.9 Å². The van der Waals surface area contributed by atoms with Crippen LogP contribution in [-0.4, -0.2) is 28.1 Å². The normalized spacial score (nSPS) is 17.0. The summed E-state index contributed by atoms with van der Waals surface area (Å²) in [5.41, 5.74) is 1.31.